The molecule has 0 saturated carbocycles. The highest BCUT2D eigenvalue weighted by Gasteiger charge is 2.35. The number of carbonyl (C=O) groups is 2. The molecule has 12 nitrogen and oxygen atoms in total. The minimum absolute atomic E-state index is 0.0852. The van der Waals surface area contributed by atoms with Crippen molar-refractivity contribution in [2.75, 3.05) is 19.8 Å². The predicted molar refractivity (Wildman–Crippen MR) is 142 cm³/mol. The molecule has 0 aromatic heterocycles. The van der Waals surface area contributed by atoms with E-state index < -0.39 is 32.4 Å². The molecule has 1 aliphatic heterocycles. The summed E-state index contributed by atoms with van der Waals surface area (Å²) in [5, 5.41) is 22.0. The van der Waals surface area contributed by atoms with Crippen LogP contribution in [0.1, 0.15) is 12.5 Å². The SMILES string of the molecule is CCOc1cc(/C=C2\SC(=O)N(CCOc3ccccc3)C2=O)ccc1Oc1ccc([N+](=O)[O-])cc1[N+](=O)[O-]. The number of hydrogen-bond acceptors (Lipinski definition) is 10. The van der Waals surface area contributed by atoms with Crippen LogP contribution in [0.5, 0.6) is 23.0 Å². The van der Waals surface area contributed by atoms with Crippen molar-refractivity contribution < 1.29 is 33.6 Å². The quantitative estimate of drug-likeness (QED) is 0.162. The molecule has 200 valence electrons. The van der Waals surface area contributed by atoms with Gasteiger partial charge in [0, 0.05) is 6.07 Å². The first-order chi connectivity index (χ1) is 18.8. The third kappa shape index (κ3) is 6.51. The Morgan fingerprint density at radius 2 is 1.64 bits per heavy atom. The van der Waals surface area contributed by atoms with E-state index in [1.807, 2.05) is 18.2 Å². The molecule has 0 atom stereocenters. The van der Waals surface area contributed by atoms with Gasteiger partial charge in [0.1, 0.15) is 12.4 Å². The number of nitro groups is 2. The van der Waals surface area contributed by atoms with Crippen LogP contribution < -0.4 is 14.2 Å². The van der Waals surface area contributed by atoms with Crippen molar-refractivity contribution in [3.05, 3.63) is 97.4 Å². The van der Waals surface area contributed by atoms with E-state index in [1.54, 1.807) is 31.2 Å². The number of para-hydroxylation sites is 1. The highest BCUT2D eigenvalue weighted by molar-refractivity contribution is 8.18. The lowest BCUT2D eigenvalue weighted by atomic mass is 10.1. The van der Waals surface area contributed by atoms with Gasteiger partial charge in [-0.3, -0.25) is 34.7 Å². The van der Waals surface area contributed by atoms with Crippen molar-refractivity contribution in [3.8, 4) is 23.0 Å². The van der Waals surface area contributed by atoms with Crippen LogP contribution in [-0.2, 0) is 4.79 Å². The molecule has 3 aromatic rings. The summed E-state index contributed by atoms with van der Waals surface area (Å²) in [6.07, 6.45) is 1.53. The number of thioether (sulfide) groups is 1. The van der Waals surface area contributed by atoms with E-state index in [0.717, 1.165) is 34.9 Å². The number of amides is 2. The Morgan fingerprint density at radius 3 is 2.33 bits per heavy atom. The van der Waals surface area contributed by atoms with Crippen molar-refractivity contribution in [2.45, 2.75) is 6.92 Å². The summed E-state index contributed by atoms with van der Waals surface area (Å²) in [4.78, 5) is 47.5. The molecule has 1 saturated heterocycles. The second-order valence-corrected chi connectivity index (χ2v) is 8.90. The second kappa shape index (κ2) is 12.1. The smallest absolute Gasteiger partial charge is 0.318 e. The predicted octanol–water partition coefficient (Wildman–Crippen LogP) is 5.81. The largest absolute Gasteiger partial charge is 0.492 e. The van der Waals surface area contributed by atoms with E-state index in [4.69, 9.17) is 14.2 Å². The van der Waals surface area contributed by atoms with Gasteiger partial charge < -0.3 is 14.2 Å². The summed E-state index contributed by atoms with van der Waals surface area (Å²) in [6, 6.07) is 16.7. The molecule has 0 N–H and O–H groups in total. The Hall–Kier alpha value is -4.91. The molecule has 1 fully saturated rings. The number of nitro benzene ring substituents is 2. The first-order valence-corrected chi connectivity index (χ1v) is 12.4. The molecule has 39 heavy (non-hydrogen) atoms. The molecule has 3 aromatic carbocycles. The lowest BCUT2D eigenvalue weighted by Crippen LogP contribution is -2.32. The van der Waals surface area contributed by atoms with E-state index in [2.05, 4.69) is 0 Å². The maximum atomic E-state index is 12.9. The van der Waals surface area contributed by atoms with Crippen molar-refractivity contribution in [1.29, 1.82) is 0 Å². The van der Waals surface area contributed by atoms with Gasteiger partial charge in [0.2, 0.25) is 5.75 Å². The first-order valence-electron chi connectivity index (χ1n) is 11.6. The molecule has 13 heteroatoms. The minimum atomic E-state index is -0.780. The first kappa shape index (κ1) is 27.1. The zero-order valence-corrected chi connectivity index (χ0v) is 21.3. The van der Waals surface area contributed by atoms with Crippen molar-refractivity contribution in [3.63, 3.8) is 0 Å². The van der Waals surface area contributed by atoms with Crippen LogP contribution in [0.3, 0.4) is 0 Å². The summed E-state index contributed by atoms with van der Waals surface area (Å²) < 4.78 is 16.9. The van der Waals surface area contributed by atoms with Crippen LogP contribution in [0.25, 0.3) is 6.08 Å². The molecule has 0 unspecified atom stereocenters. The second-order valence-electron chi connectivity index (χ2n) is 7.90. The molecule has 0 radical (unpaired) electrons. The zero-order valence-electron chi connectivity index (χ0n) is 20.5. The zero-order chi connectivity index (χ0) is 27.9. The van der Waals surface area contributed by atoms with E-state index in [1.165, 1.54) is 12.1 Å². The molecule has 1 heterocycles. The summed E-state index contributed by atoms with van der Waals surface area (Å²) in [5.74, 6) is 0.302. The molecule has 4 rings (SSSR count). The van der Waals surface area contributed by atoms with Crippen LogP contribution in [0.4, 0.5) is 16.2 Å². The van der Waals surface area contributed by atoms with Crippen molar-refractivity contribution >= 4 is 40.4 Å². The number of carbonyl (C=O) groups excluding carboxylic acids is 2. The summed E-state index contributed by atoms with van der Waals surface area (Å²) in [6.45, 7) is 2.19. The van der Waals surface area contributed by atoms with Gasteiger partial charge in [-0.15, -0.1) is 0 Å². The summed E-state index contributed by atoms with van der Waals surface area (Å²) in [5.41, 5.74) is -0.509. The van der Waals surface area contributed by atoms with Crippen molar-refractivity contribution in [1.82, 2.24) is 4.90 Å². The summed E-state index contributed by atoms with van der Waals surface area (Å²) >= 11 is 0.799. The normalized spacial score (nSPS) is 14.0. The van der Waals surface area contributed by atoms with Crippen molar-refractivity contribution in [2.24, 2.45) is 0 Å². The van der Waals surface area contributed by atoms with Gasteiger partial charge in [0.05, 0.1) is 34.0 Å². The number of benzene rings is 3. The molecule has 2 amide bonds. The van der Waals surface area contributed by atoms with Crippen LogP contribution in [0, 0.1) is 20.2 Å². The van der Waals surface area contributed by atoms with Gasteiger partial charge in [-0.05, 0) is 60.7 Å². The Balaban J connectivity index is 1.51. The minimum Gasteiger partial charge on any atom is -0.492 e. The number of nitrogens with zero attached hydrogens (tertiary/aromatic N) is 3. The molecule has 0 aliphatic carbocycles. The van der Waals surface area contributed by atoms with Gasteiger partial charge in [0.15, 0.2) is 11.5 Å². The van der Waals surface area contributed by atoms with Gasteiger partial charge in [0.25, 0.3) is 16.8 Å². The third-order valence-electron chi connectivity index (χ3n) is 5.34. The van der Waals surface area contributed by atoms with Crippen LogP contribution >= 0.6 is 11.8 Å². The number of non-ortho nitro benzene ring substituents is 1. The fourth-order valence-electron chi connectivity index (χ4n) is 3.55. The third-order valence-corrected chi connectivity index (χ3v) is 6.24. The standard InChI is InChI=1S/C26H21N3O9S/c1-2-36-23-14-17(8-10-22(23)38-21-11-9-18(28(32)33)16-20(21)29(34)35)15-24-25(30)27(26(31)39-24)12-13-37-19-6-4-3-5-7-19/h3-11,14-16H,2,12-13H2,1H3/b24-15-. The number of rotatable bonds is 11. The molecule has 0 bridgehead atoms. The lowest BCUT2D eigenvalue weighted by Gasteiger charge is -2.13. The number of ether oxygens (including phenoxy) is 3. The Labute approximate surface area is 226 Å². The average Bonchev–Trinajstić information content (AvgIpc) is 3.18. The molecule has 0 spiro atoms. The highest BCUT2D eigenvalue weighted by atomic mass is 32.2. The number of hydrogen-bond donors (Lipinski definition) is 0. The van der Waals surface area contributed by atoms with Crippen LogP contribution in [0.15, 0.2) is 71.6 Å². The lowest BCUT2D eigenvalue weighted by molar-refractivity contribution is -0.394. The maximum absolute atomic E-state index is 12.9. The average molecular weight is 552 g/mol. The topological polar surface area (TPSA) is 151 Å². The van der Waals surface area contributed by atoms with Gasteiger partial charge in [-0.2, -0.15) is 0 Å². The monoisotopic (exact) mass is 551 g/mol. The fraction of sp³-hybridized carbons (Fsp3) is 0.154. The van der Waals surface area contributed by atoms with Gasteiger partial charge in [-0.1, -0.05) is 24.3 Å². The number of imide groups is 1. The Bertz CT molecular complexity index is 1460. The molecular weight excluding hydrogens is 530 g/mol. The highest BCUT2D eigenvalue weighted by Crippen LogP contribution is 2.39. The summed E-state index contributed by atoms with van der Waals surface area (Å²) in [7, 11) is 0. The van der Waals surface area contributed by atoms with Gasteiger partial charge >= 0.3 is 5.69 Å². The van der Waals surface area contributed by atoms with Crippen LogP contribution in [-0.4, -0.2) is 45.7 Å². The Morgan fingerprint density at radius 1 is 0.897 bits per heavy atom. The maximum Gasteiger partial charge on any atom is 0.318 e. The van der Waals surface area contributed by atoms with E-state index in [9.17, 15) is 29.8 Å². The van der Waals surface area contributed by atoms with Crippen LogP contribution in [0.2, 0.25) is 0 Å². The van der Waals surface area contributed by atoms with E-state index in [0.29, 0.717) is 11.3 Å². The molecular formula is C26H21N3O9S. The van der Waals surface area contributed by atoms with E-state index >= 15 is 0 Å². The molecule has 1 aliphatic rings. The van der Waals surface area contributed by atoms with Gasteiger partial charge in [-0.25, -0.2) is 0 Å². The fourth-order valence-corrected chi connectivity index (χ4v) is 4.41. The Kier molecular flexibility index (Phi) is 8.41. The van der Waals surface area contributed by atoms with E-state index in [-0.39, 0.29) is 41.9 Å².